The van der Waals surface area contributed by atoms with Crippen LogP contribution in [0.5, 0.6) is 0 Å². The highest BCUT2D eigenvalue weighted by Crippen LogP contribution is 2.19. The summed E-state index contributed by atoms with van der Waals surface area (Å²) < 4.78 is 25.6. The number of unbranched alkanes of at least 4 members (excludes halogenated alkanes) is 2. The molecule has 0 aliphatic carbocycles. The minimum absolute atomic E-state index is 0.124. The molecule has 0 atom stereocenters. The topological polar surface area (TPSA) is 83.6 Å². The number of nitrogens with two attached hydrogens (primary N) is 1. The van der Waals surface area contributed by atoms with Gasteiger partial charge in [0, 0.05) is 36.5 Å². The van der Waals surface area contributed by atoms with Gasteiger partial charge in [0.15, 0.2) is 0 Å². The maximum atomic E-state index is 12.1. The van der Waals surface area contributed by atoms with E-state index < -0.39 is 10.0 Å². The first-order valence-corrected chi connectivity index (χ1v) is 9.58. The number of thioether (sulfide) groups is 1. The fourth-order valence-electron chi connectivity index (χ4n) is 1.75. The molecule has 0 fully saturated rings. The molecule has 0 saturated heterocycles. The van der Waals surface area contributed by atoms with Crippen LogP contribution in [0.3, 0.4) is 0 Å². The summed E-state index contributed by atoms with van der Waals surface area (Å²) in [5.41, 5.74) is 6.31. The van der Waals surface area contributed by atoms with E-state index in [4.69, 9.17) is 10.8 Å². The lowest BCUT2D eigenvalue weighted by molar-refractivity contribution is 0.281. The smallest absolute Gasteiger partial charge is 0.214 e. The average molecular weight is 332 g/mol. The summed E-state index contributed by atoms with van der Waals surface area (Å²) in [5, 5.41) is 8.69. The standard InChI is InChI=1S/C14H24N2O3S2/c1-16(9-3-2-4-10-17)21(18,19)12-11-20-14-7-5-13(15)6-8-14/h5-8,17H,2-4,9-12,15H2,1H3. The zero-order chi connectivity index (χ0) is 15.7. The van der Waals surface area contributed by atoms with Gasteiger partial charge < -0.3 is 10.8 Å². The summed E-state index contributed by atoms with van der Waals surface area (Å²) in [7, 11) is -1.59. The van der Waals surface area contributed by atoms with Crippen molar-refractivity contribution in [1.29, 1.82) is 0 Å². The molecule has 21 heavy (non-hydrogen) atoms. The van der Waals surface area contributed by atoms with E-state index in [0.29, 0.717) is 18.0 Å². The van der Waals surface area contributed by atoms with Crippen molar-refractivity contribution in [3.8, 4) is 0 Å². The van der Waals surface area contributed by atoms with Gasteiger partial charge in [-0.25, -0.2) is 12.7 Å². The Hall–Kier alpha value is -0.760. The molecule has 0 radical (unpaired) electrons. The van der Waals surface area contributed by atoms with E-state index in [-0.39, 0.29) is 12.4 Å². The van der Waals surface area contributed by atoms with Gasteiger partial charge in [-0.3, -0.25) is 0 Å². The van der Waals surface area contributed by atoms with Crippen LogP contribution >= 0.6 is 11.8 Å². The van der Waals surface area contributed by atoms with E-state index in [1.165, 1.54) is 16.1 Å². The van der Waals surface area contributed by atoms with E-state index in [1.807, 2.05) is 24.3 Å². The highest BCUT2D eigenvalue weighted by atomic mass is 32.2. The van der Waals surface area contributed by atoms with Gasteiger partial charge in [-0.05, 0) is 43.5 Å². The van der Waals surface area contributed by atoms with Crippen LogP contribution in [0, 0.1) is 0 Å². The predicted molar refractivity (Wildman–Crippen MR) is 88.9 cm³/mol. The molecule has 0 heterocycles. The molecule has 120 valence electrons. The van der Waals surface area contributed by atoms with Crippen LogP contribution in [-0.4, -0.2) is 49.5 Å². The lowest BCUT2D eigenvalue weighted by atomic mass is 10.2. The van der Waals surface area contributed by atoms with Crippen molar-refractivity contribution in [3.05, 3.63) is 24.3 Å². The van der Waals surface area contributed by atoms with E-state index >= 15 is 0 Å². The Morgan fingerprint density at radius 3 is 2.48 bits per heavy atom. The zero-order valence-electron chi connectivity index (χ0n) is 12.4. The van der Waals surface area contributed by atoms with Crippen LogP contribution < -0.4 is 5.73 Å². The molecule has 0 saturated carbocycles. The van der Waals surface area contributed by atoms with Gasteiger partial charge in [-0.1, -0.05) is 0 Å². The quantitative estimate of drug-likeness (QED) is 0.388. The normalized spacial score (nSPS) is 12.0. The molecule has 5 nitrogen and oxygen atoms in total. The molecular formula is C14H24N2O3S2. The second-order valence-corrected chi connectivity index (χ2v) is 8.20. The fraction of sp³-hybridized carbons (Fsp3) is 0.571. The molecule has 3 N–H and O–H groups in total. The second kappa shape index (κ2) is 9.30. The summed E-state index contributed by atoms with van der Waals surface area (Å²) in [6, 6.07) is 7.41. The molecule has 0 bridgehead atoms. The fourth-order valence-corrected chi connectivity index (χ4v) is 4.21. The van der Waals surface area contributed by atoms with Gasteiger partial charge in [-0.2, -0.15) is 0 Å². The maximum Gasteiger partial charge on any atom is 0.214 e. The first-order valence-electron chi connectivity index (χ1n) is 6.99. The number of aliphatic hydroxyl groups excluding tert-OH is 1. The Labute approximate surface area is 131 Å². The maximum absolute atomic E-state index is 12.1. The molecule has 0 aromatic heterocycles. The molecule has 0 spiro atoms. The summed E-state index contributed by atoms with van der Waals surface area (Å²) in [6.45, 7) is 0.670. The second-order valence-electron chi connectivity index (χ2n) is 4.84. The van der Waals surface area contributed by atoms with Gasteiger partial charge >= 0.3 is 0 Å². The number of rotatable bonds is 10. The summed E-state index contributed by atoms with van der Waals surface area (Å²) in [4.78, 5) is 1.02. The minimum Gasteiger partial charge on any atom is -0.399 e. The highest BCUT2D eigenvalue weighted by molar-refractivity contribution is 8.00. The van der Waals surface area contributed by atoms with Crippen molar-refractivity contribution in [2.45, 2.75) is 24.2 Å². The third-order valence-electron chi connectivity index (χ3n) is 3.10. The van der Waals surface area contributed by atoms with Gasteiger partial charge in [-0.15, -0.1) is 11.8 Å². The van der Waals surface area contributed by atoms with Crippen LogP contribution in [0.2, 0.25) is 0 Å². The number of hydrogen-bond donors (Lipinski definition) is 2. The van der Waals surface area contributed by atoms with Crippen molar-refractivity contribution in [3.63, 3.8) is 0 Å². The SMILES string of the molecule is CN(CCCCCO)S(=O)(=O)CCSc1ccc(N)cc1. The minimum atomic E-state index is -3.20. The van der Waals surface area contributed by atoms with Crippen LogP contribution in [0.4, 0.5) is 5.69 Å². The van der Waals surface area contributed by atoms with E-state index in [0.717, 1.165) is 24.2 Å². The van der Waals surface area contributed by atoms with Crippen LogP contribution in [-0.2, 0) is 10.0 Å². The molecule has 0 aliphatic rings. The first kappa shape index (κ1) is 18.3. The number of anilines is 1. The molecule has 1 rings (SSSR count). The first-order chi connectivity index (χ1) is 9.95. The third kappa shape index (κ3) is 7.17. The lowest BCUT2D eigenvalue weighted by Crippen LogP contribution is -2.31. The van der Waals surface area contributed by atoms with Crippen molar-refractivity contribution in [1.82, 2.24) is 4.31 Å². The average Bonchev–Trinajstić information content (AvgIpc) is 2.45. The summed E-state index contributed by atoms with van der Waals surface area (Å²) >= 11 is 1.51. The number of aliphatic hydroxyl groups is 1. The number of hydrogen-bond acceptors (Lipinski definition) is 5. The lowest BCUT2D eigenvalue weighted by Gasteiger charge is -2.16. The summed E-state index contributed by atoms with van der Waals surface area (Å²) in [5.74, 6) is 0.645. The largest absolute Gasteiger partial charge is 0.399 e. The van der Waals surface area contributed by atoms with Crippen LogP contribution in [0.25, 0.3) is 0 Å². The van der Waals surface area contributed by atoms with Crippen molar-refractivity contribution in [2.24, 2.45) is 0 Å². The Kier molecular flexibility index (Phi) is 8.10. The highest BCUT2D eigenvalue weighted by Gasteiger charge is 2.16. The van der Waals surface area contributed by atoms with Gasteiger partial charge in [0.2, 0.25) is 10.0 Å². The Morgan fingerprint density at radius 2 is 1.86 bits per heavy atom. The van der Waals surface area contributed by atoms with Crippen LogP contribution in [0.15, 0.2) is 29.2 Å². The number of sulfonamides is 1. The molecule has 1 aromatic rings. The molecule has 0 unspecified atom stereocenters. The Balaban J connectivity index is 2.33. The molecular weight excluding hydrogens is 308 g/mol. The summed E-state index contributed by atoms with van der Waals surface area (Å²) in [6.07, 6.45) is 2.35. The Bertz CT molecular complexity index is 503. The predicted octanol–water partition coefficient (Wildman–Crippen LogP) is 1.79. The van der Waals surface area contributed by atoms with E-state index in [9.17, 15) is 8.42 Å². The molecule has 0 aliphatic heterocycles. The number of nitrogens with zero attached hydrogens (tertiary/aromatic N) is 1. The monoisotopic (exact) mass is 332 g/mol. The van der Waals surface area contributed by atoms with Crippen LogP contribution in [0.1, 0.15) is 19.3 Å². The van der Waals surface area contributed by atoms with Gasteiger partial charge in [0.1, 0.15) is 0 Å². The Morgan fingerprint density at radius 1 is 1.19 bits per heavy atom. The molecule has 0 amide bonds. The van der Waals surface area contributed by atoms with Gasteiger partial charge in [0.05, 0.1) is 5.75 Å². The van der Waals surface area contributed by atoms with E-state index in [2.05, 4.69) is 0 Å². The zero-order valence-corrected chi connectivity index (χ0v) is 14.0. The van der Waals surface area contributed by atoms with Gasteiger partial charge in [0.25, 0.3) is 0 Å². The van der Waals surface area contributed by atoms with Crippen molar-refractivity contribution < 1.29 is 13.5 Å². The van der Waals surface area contributed by atoms with Crippen molar-refractivity contribution >= 4 is 27.5 Å². The number of benzene rings is 1. The van der Waals surface area contributed by atoms with E-state index in [1.54, 1.807) is 7.05 Å². The van der Waals surface area contributed by atoms with Crippen molar-refractivity contribution in [2.75, 3.05) is 37.4 Å². The molecule has 7 heteroatoms. The molecule has 1 aromatic carbocycles. The number of nitrogen functional groups attached to an aromatic ring is 1. The third-order valence-corrected chi connectivity index (χ3v) is 6.22.